The lowest BCUT2D eigenvalue weighted by atomic mass is 9.92. The van der Waals surface area contributed by atoms with Gasteiger partial charge in [0.1, 0.15) is 11.6 Å². The van der Waals surface area contributed by atoms with Crippen LogP contribution in [-0.4, -0.2) is 28.9 Å². The molecule has 3 aromatic rings. The van der Waals surface area contributed by atoms with Crippen molar-refractivity contribution in [2.24, 2.45) is 0 Å². The maximum absolute atomic E-state index is 13.0. The van der Waals surface area contributed by atoms with Crippen LogP contribution >= 0.6 is 0 Å². The first-order valence-corrected chi connectivity index (χ1v) is 10.1. The summed E-state index contributed by atoms with van der Waals surface area (Å²) in [4.78, 5) is 45.2. The van der Waals surface area contributed by atoms with Gasteiger partial charge in [-0.2, -0.15) is 4.98 Å². The van der Waals surface area contributed by atoms with Gasteiger partial charge in [-0.25, -0.2) is 0 Å². The van der Waals surface area contributed by atoms with Crippen molar-refractivity contribution in [1.29, 1.82) is 0 Å². The number of H-pyrrole nitrogens is 1. The first-order chi connectivity index (χ1) is 15.4. The number of nitrogens with zero attached hydrogens (tertiary/aromatic N) is 1. The van der Waals surface area contributed by atoms with E-state index >= 15 is 0 Å². The minimum Gasteiger partial charge on any atom is -0.495 e. The molecule has 9 nitrogen and oxygen atoms in total. The van der Waals surface area contributed by atoms with E-state index in [1.54, 1.807) is 24.3 Å². The van der Waals surface area contributed by atoms with Crippen LogP contribution in [0.25, 0.3) is 0 Å². The lowest BCUT2D eigenvalue weighted by molar-refractivity contribution is -0.123. The molecule has 2 aromatic carbocycles. The van der Waals surface area contributed by atoms with Crippen LogP contribution in [0.5, 0.6) is 5.75 Å². The highest BCUT2D eigenvalue weighted by molar-refractivity contribution is 6.04. The zero-order chi connectivity index (χ0) is 22.8. The molecule has 0 bridgehead atoms. The number of carbonyl (C=O) groups is 2. The molecule has 164 valence electrons. The first-order valence-electron chi connectivity index (χ1n) is 10.1. The highest BCUT2D eigenvalue weighted by atomic mass is 16.5. The van der Waals surface area contributed by atoms with Gasteiger partial charge in [-0.1, -0.05) is 29.8 Å². The standard InChI is InChI=1S/C23H23N5O4/c1-12-8-9-15(13(2)10-12)24-21(30)14-11-18(29)26-20-19(14)22(31)28-23(27-20)25-16-6-4-5-7-17(16)32-3/h4-10,14H,11H2,1-3H3,(H,24,30)(H3,25,26,27,28,29,31)/t14-/m1/s1. The summed E-state index contributed by atoms with van der Waals surface area (Å²) in [7, 11) is 1.53. The monoisotopic (exact) mass is 433 g/mol. The predicted molar refractivity (Wildman–Crippen MR) is 122 cm³/mol. The van der Waals surface area contributed by atoms with E-state index in [1.807, 2.05) is 32.0 Å². The van der Waals surface area contributed by atoms with Crippen LogP contribution in [0.4, 0.5) is 23.1 Å². The van der Waals surface area contributed by atoms with Gasteiger partial charge in [-0.05, 0) is 37.6 Å². The Morgan fingerprint density at radius 3 is 2.66 bits per heavy atom. The summed E-state index contributed by atoms with van der Waals surface area (Å²) in [5.41, 5.74) is 2.79. The van der Waals surface area contributed by atoms with Crippen LogP contribution in [0.2, 0.25) is 0 Å². The van der Waals surface area contributed by atoms with E-state index in [-0.39, 0.29) is 29.7 Å². The summed E-state index contributed by atoms with van der Waals surface area (Å²) in [5.74, 6) is -1.05. The lowest BCUT2D eigenvalue weighted by Crippen LogP contribution is -2.36. The topological polar surface area (TPSA) is 125 Å². The van der Waals surface area contributed by atoms with Crippen molar-refractivity contribution >= 4 is 35.0 Å². The summed E-state index contributed by atoms with van der Waals surface area (Å²) in [6.07, 6.45) is -0.145. The Morgan fingerprint density at radius 2 is 1.91 bits per heavy atom. The van der Waals surface area contributed by atoms with Crippen LogP contribution in [0.15, 0.2) is 47.3 Å². The molecule has 1 aliphatic rings. The molecule has 4 rings (SSSR count). The largest absolute Gasteiger partial charge is 0.495 e. The Kier molecular flexibility index (Phi) is 5.63. The maximum atomic E-state index is 13.0. The minimum atomic E-state index is -0.962. The van der Waals surface area contributed by atoms with Gasteiger partial charge in [0.15, 0.2) is 0 Å². The number of anilines is 4. The van der Waals surface area contributed by atoms with E-state index in [1.165, 1.54) is 7.11 Å². The molecular formula is C23H23N5O4. The highest BCUT2D eigenvalue weighted by Crippen LogP contribution is 2.31. The van der Waals surface area contributed by atoms with Crippen molar-refractivity contribution in [3.8, 4) is 5.75 Å². The van der Waals surface area contributed by atoms with Crippen LogP contribution in [-0.2, 0) is 9.59 Å². The number of carbonyl (C=O) groups excluding carboxylic acids is 2. The number of hydrogen-bond donors (Lipinski definition) is 4. The molecule has 0 fully saturated rings. The van der Waals surface area contributed by atoms with Crippen molar-refractivity contribution in [2.45, 2.75) is 26.2 Å². The second-order valence-corrected chi connectivity index (χ2v) is 7.61. The molecule has 1 aliphatic heterocycles. The Labute approximate surface area is 184 Å². The van der Waals surface area contributed by atoms with Crippen molar-refractivity contribution in [3.05, 3.63) is 69.5 Å². The molecule has 2 heterocycles. The van der Waals surface area contributed by atoms with Gasteiger partial charge in [0.25, 0.3) is 5.56 Å². The highest BCUT2D eigenvalue weighted by Gasteiger charge is 2.35. The average molecular weight is 433 g/mol. The second kappa shape index (κ2) is 8.54. The zero-order valence-corrected chi connectivity index (χ0v) is 17.9. The van der Waals surface area contributed by atoms with Crippen LogP contribution in [0.1, 0.15) is 29.0 Å². The van der Waals surface area contributed by atoms with Crippen molar-refractivity contribution < 1.29 is 14.3 Å². The van der Waals surface area contributed by atoms with E-state index in [0.717, 1.165) is 11.1 Å². The van der Waals surface area contributed by atoms with Crippen LogP contribution in [0.3, 0.4) is 0 Å². The maximum Gasteiger partial charge on any atom is 0.258 e. The van der Waals surface area contributed by atoms with E-state index in [9.17, 15) is 14.4 Å². The molecule has 0 saturated carbocycles. The summed E-state index contributed by atoms with van der Waals surface area (Å²) in [6, 6.07) is 12.8. The molecule has 0 unspecified atom stereocenters. The molecular weight excluding hydrogens is 410 g/mol. The molecule has 4 N–H and O–H groups in total. The predicted octanol–water partition coefficient (Wildman–Crippen LogP) is 3.20. The Bertz CT molecular complexity index is 1270. The zero-order valence-electron chi connectivity index (χ0n) is 17.9. The first kappa shape index (κ1) is 21.1. The summed E-state index contributed by atoms with van der Waals surface area (Å²) < 4.78 is 5.29. The number of nitrogens with one attached hydrogen (secondary N) is 4. The lowest BCUT2D eigenvalue weighted by Gasteiger charge is -2.24. The third-order valence-corrected chi connectivity index (χ3v) is 5.27. The molecule has 0 aliphatic carbocycles. The van der Waals surface area contributed by atoms with Gasteiger partial charge in [0, 0.05) is 12.1 Å². The molecule has 9 heteroatoms. The summed E-state index contributed by atoms with van der Waals surface area (Å²) >= 11 is 0. The third-order valence-electron chi connectivity index (χ3n) is 5.27. The van der Waals surface area contributed by atoms with Gasteiger partial charge in [-0.3, -0.25) is 19.4 Å². The molecule has 1 atom stereocenters. The summed E-state index contributed by atoms with van der Waals surface area (Å²) in [6.45, 7) is 3.84. The fraction of sp³-hybridized carbons (Fsp3) is 0.217. The van der Waals surface area contributed by atoms with Gasteiger partial charge in [0.05, 0.1) is 24.3 Å². The molecule has 2 amide bonds. The summed E-state index contributed by atoms with van der Waals surface area (Å²) in [5, 5.41) is 8.42. The number of hydrogen-bond acceptors (Lipinski definition) is 6. The normalized spacial score (nSPS) is 14.8. The number of benzene rings is 2. The number of methoxy groups -OCH3 is 1. The Balaban J connectivity index is 1.65. The number of amides is 2. The molecule has 0 spiro atoms. The minimum absolute atomic E-state index is 0.0585. The number of rotatable bonds is 5. The van der Waals surface area contributed by atoms with Crippen molar-refractivity contribution in [1.82, 2.24) is 9.97 Å². The average Bonchev–Trinajstić information content (AvgIpc) is 2.75. The number of aryl methyl sites for hydroxylation is 2. The van der Waals surface area contributed by atoms with Gasteiger partial charge < -0.3 is 20.7 Å². The second-order valence-electron chi connectivity index (χ2n) is 7.61. The van der Waals surface area contributed by atoms with E-state index in [4.69, 9.17) is 4.74 Å². The van der Waals surface area contributed by atoms with Gasteiger partial charge in [-0.15, -0.1) is 0 Å². The van der Waals surface area contributed by atoms with E-state index in [2.05, 4.69) is 25.9 Å². The quantitative estimate of drug-likeness (QED) is 0.490. The number of aromatic nitrogens is 2. The number of aromatic amines is 1. The Morgan fingerprint density at radius 1 is 1.12 bits per heavy atom. The Hall–Kier alpha value is -4.14. The van der Waals surface area contributed by atoms with Gasteiger partial charge >= 0.3 is 0 Å². The van der Waals surface area contributed by atoms with Crippen LogP contribution < -0.4 is 26.2 Å². The fourth-order valence-corrected chi connectivity index (χ4v) is 3.70. The SMILES string of the molecule is COc1ccccc1Nc1nc2c(c(=O)[nH]1)[C@H](C(=O)Nc1ccc(C)cc1C)CC(=O)N2. The molecule has 32 heavy (non-hydrogen) atoms. The van der Waals surface area contributed by atoms with Crippen molar-refractivity contribution in [3.63, 3.8) is 0 Å². The van der Waals surface area contributed by atoms with Gasteiger partial charge in [0.2, 0.25) is 17.8 Å². The third kappa shape index (κ3) is 4.18. The molecule has 1 aromatic heterocycles. The smallest absolute Gasteiger partial charge is 0.258 e. The number of ether oxygens (including phenoxy) is 1. The van der Waals surface area contributed by atoms with E-state index in [0.29, 0.717) is 17.1 Å². The van der Waals surface area contributed by atoms with Crippen molar-refractivity contribution in [2.75, 3.05) is 23.1 Å². The molecule has 0 saturated heterocycles. The number of fused-ring (bicyclic) bond motifs is 1. The molecule has 0 radical (unpaired) electrons. The van der Waals surface area contributed by atoms with E-state index < -0.39 is 17.4 Å². The fourth-order valence-electron chi connectivity index (χ4n) is 3.70. The number of para-hydroxylation sites is 2. The van der Waals surface area contributed by atoms with Crippen LogP contribution in [0, 0.1) is 13.8 Å².